The summed E-state index contributed by atoms with van der Waals surface area (Å²) in [6.07, 6.45) is 0.329. The number of methoxy groups -OCH3 is 1. The van der Waals surface area contributed by atoms with Gasteiger partial charge in [0, 0.05) is 5.56 Å². The van der Waals surface area contributed by atoms with E-state index in [-0.39, 0.29) is 19.0 Å². The molecule has 0 aromatic heterocycles. The van der Waals surface area contributed by atoms with Gasteiger partial charge in [0.2, 0.25) is 0 Å². The van der Waals surface area contributed by atoms with Gasteiger partial charge in [-0.3, -0.25) is 4.79 Å². The van der Waals surface area contributed by atoms with E-state index in [9.17, 15) is 9.18 Å². The van der Waals surface area contributed by atoms with Crippen molar-refractivity contribution in [1.82, 2.24) is 0 Å². The molecule has 6 heteroatoms. The number of esters is 1. The third kappa shape index (κ3) is 5.19. The quantitative estimate of drug-likeness (QED) is 0.744. The first kappa shape index (κ1) is 18.7. The van der Waals surface area contributed by atoms with Crippen LogP contribution in [0, 0.1) is 5.82 Å². The Morgan fingerprint density at radius 1 is 1.20 bits per heavy atom. The van der Waals surface area contributed by atoms with E-state index in [2.05, 4.69) is 0 Å². The Balaban J connectivity index is 2.11. The Bertz CT molecular complexity index is 720. The molecule has 0 aliphatic heterocycles. The summed E-state index contributed by atoms with van der Waals surface area (Å²) >= 11 is 0. The van der Waals surface area contributed by atoms with Gasteiger partial charge in [-0.1, -0.05) is 18.2 Å². The van der Waals surface area contributed by atoms with Crippen LogP contribution < -0.4 is 15.2 Å². The number of halogens is 1. The average molecular weight is 347 g/mol. The van der Waals surface area contributed by atoms with E-state index in [4.69, 9.17) is 19.9 Å². The van der Waals surface area contributed by atoms with E-state index >= 15 is 0 Å². The Hall–Kier alpha value is -2.60. The molecule has 1 atom stereocenters. The minimum absolute atomic E-state index is 0.132. The first-order valence-corrected chi connectivity index (χ1v) is 8.00. The lowest BCUT2D eigenvalue weighted by molar-refractivity contribution is -0.144. The highest BCUT2D eigenvalue weighted by molar-refractivity contribution is 5.75. The molecule has 0 bridgehead atoms. The fourth-order valence-electron chi connectivity index (χ4n) is 2.38. The molecule has 0 heterocycles. The number of rotatable bonds is 8. The number of para-hydroxylation sites is 1. The molecule has 2 rings (SSSR count). The molecule has 0 amide bonds. The van der Waals surface area contributed by atoms with Crippen LogP contribution in [0.1, 0.15) is 18.1 Å². The predicted molar refractivity (Wildman–Crippen MR) is 92.0 cm³/mol. The second-order valence-corrected chi connectivity index (χ2v) is 5.43. The van der Waals surface area contributed by atoms with Crippen molar-refractivity contribution in [2.75, 3.05) is 13.7 Å². The van der Waals surface area contributed by atoms with Gasteiger partial charge in [-0.2, -0.15) is 0 Å². The van der Waals surface area contributed by atoms with E-state index in [1.54, 1.807) is 38.3 Å². The van der Waals surface area contributed by atoms with E-state index in [0.29, 0.717) is 12.2 Å². The van der Waals surface area contributed by atoms with Crippen molar-refractivity contribution in [3.05, 3.63) is 59.4 Å². The number of hydrogen-bond donors (Lipinski definition) is 1. The minimum atomic E-state index is -0.742. The number of ether oxygens (including phenoxy) is 3. The van der Waals surface area contributed by atoms with Crippen LogP contribution in [0.3, 0.4) is 0 Å². The van der Waals surface area contributed by atoms with Gasteiger partial charge in [-0.15, -0.1) is 0 Å². The summed E-state index contributed by atoms with van der Waals surface area (Å²) in [5, 5.41) is 0. The molecule has 5 nitrogen and oxygen atoms in total. The molecule has 1 unspecified atom stereocenters. The Morgan fingerprint density at radius 2 is 1.96 bits per heavy atom. The summed E-state index contributed by atoms with van der Waals surface area (Å²) in [5.41, 5.74) is 7.43. The molecule has 25 heavy (non-hydrogen) atoms. The molecule has 0 spiro atoms. The molecule has 0 aliphatic carbocycles. The maximum Gasteiger partial charge on any atom is 0.323 e. The summed E-state index contributed by atoms with van der Waals surface area (Å²) in [6.45, 7) is 2.15. The Kier molecular flexibility index (Phi) is 6.77. The van der Waals surface area contributed by atoms with Crippen LogP contribution in [0.5, 0.6) is 11.5 Å². The van der Waals surface area contributed by atoms with Crippen molar-refractivity contribution < 1.29 is 23.4 Å². The van der Waals surface area contributed by atoms with Crippen LogP contribution in [0.2, 0.25) is 0 Å². The summed E-state index contributed by atoms with van der Waals surface area (Å²) < 4.78 is 29.4. The summed E-state index contributed by atoms with van der Waals surface area (Å²) in [6, 6.07) is 10.9. The number of benzene rings is 2. The highest BCUT2D eigenvalue weighted by atomic mass is 19.1. The van der Waals surface area contributed by atoms with Crippen molar-refractivity contribution in [3.63, 3.8) is 0 Å². The zero-order chi connectivity index (χ0) is 18.2. The van der Waals surface area contributed by atoms with Crippen molar-refractivity contribution in [2.45, 2.75) is 26.0 Å². The van der Waals surface area contributed by atoms with E-state index in [1.807, 2.05) is 12.1 Å². The molecular formula is C19H22FNO4. The second kappa shape index (κ2) is 9.03. The summed E-state index contributed by atoms with van der Waals surface area (Å²) in [5.74, 6) is -0.0904. The fourth-order valence-corrected chi connectivity index (χ4v) is 2.38. The highest BCUT2D eigenvalue weighted by Crippen LogP contribution is 2.24. The number of nitrogens with two attached hydrogens (primary N) is 1. The molecule has 0 radical (unpaired) electrons. The first-order chi connectivity index (χ1) is 12.0. The third-order valence-electron chi connectivity index (χ3n) is 3.61. The zero-order valence-electron chi connectivity index (χ0n) is 14.3. The monoisotopic (exact) mass is 347 g/mol. The third-order valence-corrected chi connectivity index (χ3v) is 3.61. The molecule has 0 fully saturated rings. The second-order valence-electron chi connectivity index (χ2n) is 5.43. The van der Waals surface area contributed by atoms with Gasteiger partial charge in [0.25, 0.3) is 0 Å². The molecule has 0 saturated carbocycles. The standard InChI is InChI=1S/C19H22FNO4/c1-3-24-19(22)16(21)11-13-8-9-17(23-2)14(10-13)12-25-18-7-5-4-6-15(18)20/h4-10,16H,3,11-12,21H2,1-2H3. The van der Waals surface area contributed by atoms with Gasteiger partial charge in [0.15, 0.2) is 11.6 Å². The lowest BCUT2D eigenvalue weighted by Crippen LogP contribution is -2.34. The summed E-state index contributed by atoms with van der Waals surface area (Å²) in [7, 11) is 1.55. The van der Waals surface area contributed by atoms with Gasteiger partial charge < -0.3 is 19.9 Å². The van der Waals surface area contributed by atoms with Crippen molar-refractivity contribution >= 4 is 5.97 Å². The molecule has 2 aromatic carbocycles. The topological polar surface area (TPSA) is 70.8 Å². The van der Waals surface area contributed by atoms with Crippen molar-refractivity contribution in [3.8, 4) is 11.5 Å². The van der Waals surface area contributed by atoms with Gasteiger partial charge in [0.05, 0.1) is 13.7 Å². The summed E-state index contributed by atoms with van der Waals surface area (Å²) in [4.78, 5) is 11.7. The van der Waals surface area contributed by atoms with Crippen molar-refractivity contribution in [1.29, 1.82) is 0 Å². The van der Waals surface area contributed by atoms with E-state index < -0.39 is 17.8 Å². The first-order valence-electron chi connectivity index (χ1n) is 8.00. The molecule has 0 aliphatic rings. The molecule has 2 N–H and O–H groups in total. The number of carbonyl (C=O) groups excluding carboxylic acids is 1. The number of hydrogen-bond acceptors (Lipinski definition) is 5. The van der Waals surface area contributed by atoms with Crippen LogP contribution in [-0.4, -0.2) is 25.7 Å². The average Bonchev–Trinajstić information content (AvgIpc) is 2.61. The van der Waals surface area contributed by atoms with Gasteiger partial charge >= 0.3 is 5.97 Å². The minimum Gasteiger partial charge on any atom is -0.496 e. The zero-order valence-corrected chi connectivity index (χ0v) is 14.3. The number of carbonyl (C=O) groups is 1. The van der Waals surface area contributed by atoms with Gasteiger partial charge in [-0.05, 0) is 43.2 Å². The molecule has 0 saturated heterocycles. The fraction of sp³-hybridized carbons (Fsp3) is 0.316. The van der Waals surface area contributed by atoms with E-state index in [0.717, 1.165) is 11.1 Å². The van der Waals surface area contributed by atoms with Gasteiger partial charge in [0.1, 0.15) is 18.4 Å². The smallest absolute Gasteiger partial charge is 0.323 e. The largest absolute Gasteiger partial charge is 0.496 e. The van der Waals surface area contributed by atoms with Crippen molar-refractivity contribution in [2.24, 2.45) is 5.73 Å². The SMILES string of the molecule is CCOC(=O)C(N)Cc1ccc(OC)c(COc2ccccc2F)c1. The van der Waals surface area contributed by atoms with E-state index in [1.165, 1.54) is 6.07 Å². The lowest BCUT2D eigenvalue weighted by atomic mass is 10.0. The normalized spacial score (nSPS) is 11.7. The predicted octanol–water partition coefficient (Wildman–Crippen LogP) is 2.85. The van der Waals surface area contributed by atoms with Gasteiger partial charge in [-0.25, -0.2) is 4.39 Å². The molecular weight excluding hydrogens is 325 g/mol. The Morgan fingerprint density at radius 3 is 2.64 bits per heavy atom. The Labute approximate surface area is 146 Å². The molecule has 134 valence electrons. The van der Waals surface area contributed by atoms with Crippen LogP contribution >= 0.6 is 0 Å². The van der Waals surface area contributed by atoms with Crippen LogP contribution in [0.4, 0.5) is 4.39 Å². The molecule has 2 aromatic rings. The van der Waals surface area contributed by atoms with Crippen LogP contribution in [0.15, 0.2) is 42.5 Å². The maximum absolute atomic E-state index is 13.7. The van der Waals surface area contributed by atoms with Crippen LogP contribution in [0.25, 0.3) is 0 Å². The highest BCUT2D eigenvalue weighted by Gasteiger charge is 2.16. The van der Waals surface area contributed by atoms with Crippen LogP contribution in [-0.2, 0) is 22.6 Å². The maximum atomic E-state index is 13.7. The lowest BCUT2D eigenvalue weighted by Gasteiger charge is -2.14.